The molecule has 0 rings (SSSR count). The highest BCUT2D eigenvalue weighted by Crippen LogP contribution is 2.09. The molecule has 3 unspecified atom stereocenters. The fourth-order valence-corrected chi connectivity index (χ4v) is 3.72. The van der Waals surface area contributed by atoms with E-state index in [-0.39, 0.29) is 90.1 Å². The van der Waals surface area contributed by atoms with Gasteiger partial charge in [0.15, 0.2) is 18.9 Å². The molecule has 0 spiro atoms. The monoisotopic (exact) mass is 822 g/mol. The average Bonchev–Trinajstić information content (AvgIpc) is 3.16. The molecule has 1 amide bonds. The van der Waals surface area contributed by atoms with Crippen LogP contribution in [0.1, 0.15) is 121 Å². The van der Waals surface area contributed by atoms with E-state index in [1.807, 2.05) is 62.3 Å². The highest BCUT2D eigenvalue weighted by molar-refractivity contribution is 5.77. The first-order valence-electron chi connectivity index (χ1n) is 19.0. The van der Waals surface area contributed by atoms with E-state index in [2.05, 4.69) is 5.32 Å². The van der Waals surface area contributed by atoms with Crippen molar-refractivity contribution in [3.8, 4) is 0 Å². The lowest BCUT2D eigenvalue weighted by atomic mass is 10.1. The normalized spacial score (nSPS) is 13.8. The molecule has 0 aromatic heterocycles. The van der Waals surface area contributed by atoms with Gasteiger partial charge in [-0.15, -0.1) is 0 Å². The van der Waals surface area contributed by atoms with Crippen molar-refractivity contribution in [1.82, 2.24) is 5.32 Å². The molecule has 0 saturated heterocycles. The first-order chi connectivity index (χ1) is 26.1. The zero-order chi connectivity index (χ0) is 43.2. The van der Waals surface area contributed by atoms with E-state index in [0.717, 1.165) is 0 Å². The highest BCUT2D eigenvalue weighted by Gasteiger charge is 2.22. The maximum atomic E-state index is 11.9. The summed E-state index contributed by atoms with van der Waals surface area (Å²) >= 11 is 0. The minimum Gasteiger partial charge on any atom is -0.481 e. The Labute approximate surface area is 335 Å². The summed E-state index contributed by atoms with van der Waals surface area (Å²) in [5.41, 5.74) is -0.326. The molecular formula is C38H79NO17. The van der Waals surface area contributed by atoms with Crippen LogP contribution in [0.4, 0.5) is 0 Å². The van der Waals surface area contributed by atoms with Crippen LogP contribution in [0.15, 0.2) is 0 Å². The number of esters is 2. The standard InChI is InChI=1S/C21H41NO10.C12H22O7.2C2H6.CH4/c1-6-15(10-23)31-19(12-25)30-13-16(11-24)32-20(28-5)14-29-18(27)9-7-8-17(26)22-21(2,3)4;1-3-9(7-13)19-12(17-2)8-18-11(16)6-4-5-10(14)15;2*1-2;/h15-16,19-20,23-25H,6-14H2,1-5H3,(H,22,26);9,12-13H,3-8H2,1-2H3,(H,14,15);2*1-2H3;1H4/t15?,16?,19-,20-;9?,12-;;;/m00.../s1. The lowest BCUT2D eigenvalue weighted by molar-refractivity contribution is -0.235. The predicted molar refractivity (Wildman–Crippen MR) is 209 cm³/mol. The van der Waals surface area contributed by atoms with Crippen molar-refractivity contribution < 1.29 is 82.6 Å². The van der Waals surface area contributed by atoms with Crippen LogP contribution in [0, 0.1) is 0 Å². The van der Waals surface area contributed by atoms with Crippen LogP contribution in [0.25, 0.3) is 0 Å². The Balaban J connectivity index is -0.000000309. The molecule has 18 nitrogen and oxygen atoms in total. The van der Waals surface area contributed by atoms with Gasteiger partial charge >= 0.3 is 17.9 Å². The number of aliphatic hydroxyl groups excluding tert-OH is 4. The molecule has 0 fully saturated rings. The Morgan fingerprint density at radius 3 is 1.32 bits per heavy atom. The van der Waals surface area contributed by atoms with Gasteiger partial charge in [0.05, 0.1) is 45.2 Å². The SMILES string of the molecule is C.CC.CC.CCC(CO)O[C@@H](CO)OCC(CO)O[C@@H](COC(=O)CCCC(=O)NC(C)(C)C)OC.CCC(CO)O[C@@H](COC(=O)CCCC(=O)O)OC. The molecule has 0 aliphatic rings. The Morgan fingerprint density at radius 1 is 0.589 bits per heavy atom. The van der Waals surface area contributed by atoms with E-state index in [9.17, 15) is 29.4 Å². The number of methoxy groups -OCH3 is 2. The fraction of sp³-hybridized carbons (Fsp3) is 0.895. The number of carboxylic acids is 1. The topological polar surface area (TPSA) is 255 Å². The number of aliphatic carboxylic acids is 1. The van der Waals surface area contributed by atoms with E-state index in [1.54, 1.807) is 0 Å². The number of rotatable bonds is 29. The highest BCUT2D eigenvalue weighted by atomic mass is 16.7. The number of ether oxygens (including phenoxy) is 8. The molecule has 56 heavy (non-hydrogen) atoms. The quantitative estimate of drug-likeness (QED) is 0.0467. The van der Waals surface area contributed by atoms with Gasteiger partial charge in [-0.3, -0.25) is 19.2 Å². The van der Waals surface area contributed by atoms with Crippen LogP contribution in [0.3, 0.4) is 0 Å². The molecule has 0 heterocycles. The first-order valence-corrected chi connectivity index (χ1v) is 19.0. The first kappa shape index (κ1) is 62.7. The van der Waals surface area contributed by atoms with Gasteiger partial charge in [0.2, 0.25) is 5.91 Å². The minimum atomic E-state index is -0.987. The van der Waals surface area contributed by atoms with Crippen LogP contribution in [-0.2, 0) is 57.1 Å². The molecule has 0 aromatic rings. The number of hydrogen-bond donors (Lipinski definition) is 6. The van der Waals surface area contributed by atoms with E-state index in [1.165, 1.54) is 14.2 Å². The smallest absolute Gasteiger partial charge is 0.305 e. The Bertz CT molecular complexity index is 911. The number of carbonyl (C=O) groups is 4. The number of nitrogens with one attached hydrogen (secondary N) is 1. The maximum Gasteiger partial charge on any atom is 0.305 e. The molecule has 18 heteroatoms. The molecule has 0 bridgehead atoms. The lowest BCUT2D eigenvalue weighted by Gasteiger charge is -2.26. The van der Waals surface area contributed by atoms with Crippen molar-refractivity contribution in [1.29, 1.82) is 0 Å². The van der Waals surface area contributed by atoms with Gasteiger partial charge in [-0.25, -0.2) is 0 Å². The largest absolute Gasteiger partial charge is 0.481 e. The summed E-state index contributed by atoms with van der Waals surface area (Å²) in [4.78, 5) is 45.2. The van der Waals surface area contributed by atoms with Crippen LogP contribution >= 0.6 is 0 Å². The van der Waals surface area contributed by atoms with Crippen LogP contribution in [-0.4, -0.2) is 153 Å². The molecule has 0 radical (unpaired) electrons. The second-order valence-corrected chi connectivity index (χ2v) is 12.2. The summed E-state index contributed by atoms with van der Waals surface area (Å²) in [6.07, 6.45) is -2.35. The molecule has 6 N–H and O–H groups in total. The third-order valence-corrected chi connectivity index (χ3v) is 6.53. The average molecular weight is 822 g/mol. The summed E-state index contributed by atoms with van der Waals surface area (Å²) in [7, 11) is 2.77. The molecule has 0 aromatic carbocycles. The summed E-state index contributed by atoms with van der Waals surface area (Å²) in [5, 5.41) is 48.2. The number of aliphatic hydroxyl groups is 4. The molecule has 0 aliphatic carbocycles. The summed E-state index contributed by atoms with van der Waals surface area (Å²) in [6, 6.07) is 0. The van der Waals surface area contributed by atoms with Crippen molar-refractivity contribution in [3.63, 3.8) is 0 Å². The Morgan fingerprint density at radius 2 is 0.982 bits per heavy atom. The van der Waals surface area contributed by atoms with Crippen molar-refractivity contribution in [2.75, 3.05) is 60.5 Å². The van der Waals surface area contributed by atoms with Crippen molar-refractivity contribution in [2.45, 2.75) is 164 Å². The van der Waals surface area contributed by atoms with Gasteiger partial charge < -0.3 is 68.7 Å². The zero-order valence-corrected chi connectivity index (χ0v) is 35.2. The summed E-state index contributed by atoms with van der Waals surface area (Å²) < 4.78 is 41.8. The third kappa shape index (κ3) is 39.7. The number of amides is 1. The van der Waals surface area contributed by atoms with E-state index >= 15 is 0 Å². The number of carboxylic acid groups (broad SMARTS) is 1. The summed E-state index contributed by atoms with van der Waals surface area (Å²) in [5.74, 6) is -2.08. The van der Waals surface area contributed by atoms with Gasteiger partial charge in [-0.2, -0.15) is 0 Å². The second kappa shape index (κ2) is 42.1. The number of carbonyl (C=O) groups excluding carboxylic acids is 3. The molecule has 6 atom stereocenters. The Hall–Kier alpha value is -2.52. The van der Waals surface area contributed by atoms with Crippen LogP contribution in [0.5, 0.6) is 0 Å². The molecule has 0 aliphatic heterocycles. The van der Waals surface area contributed by atoms with E-state index in [4.69, 9.17) is 53.2 Å². The zero-order valence-electron chi connectivity index (χ0n) is 35.2. The van der Waals surface area contributed by atoms with Gasteiger partial charge in [0.25, 0.3) is 0 Å². The maximum absolute atomic E-state index is 11.9. The van der Waals surface area contributed by atoms with Crippen LogP contribution < -0.4 is 5.32 Å². The predicted octanol–water partition coefficient (Wildman–Crippen LogP) is 3.32. The van der Waals surface area contributed by atoms with Gasteiger partial charge in [0.1, 0.15) is 19.3 Å². The number of hydrogen-bond acceptors (Lipinski definition) is 16. The van der Waals surface area contributed by atoms with Gasteiger partial charge in [-0.1, -0.05) is 49.0 Å². The third-order valence-electron chi connectivity index (χ3n) is 6.53. The van der Waals surface area contributed by atoms with E-state index in [0.29, 0.717) is 19.3 Å². The van der Waals surface area contributed by atoms with Crippen molar-refractivity contribution in [2.24, 2.45) is 0 Å². The van der Waals surface area contributed by atoms with Crippen LogP contribution in [0.2, 0.25) is 0 Å². The molecule has 338 valence electrons. The summed E-state index contributed by atoms with van der Waals surface area (Å²) in [6.45, 7) is 15.7. The van der Waals surface area contributed by atoms with E-state index < -0.39 is 62.2 Å². The minimum absolute atomic E-state index is 0. The van der Waals surface area contributed by atoms with Crippen molar-refractivity contribution in [3.05, 3.63) is 0 Å². The Kier molecular flexibility index (Phi) is 47.1. The molecule has 0 saturated carbocycles. The van der Waals surface area contributed by atoms with Gasteiger partial charge in [0, 0.05) is 45.4 Å². The fourth-order valence-electron chi connectivity index (χ4n) is 3.72. The molecular weight excluding hydrogens is 742 g/mol. The van der Waals surface area contributed by atoms with Gasteiger partial charge in [-0.05, 0) is 46.5 Å². The second-order valence-electron chi connectivity index (χ2n) is 12.2. The lowest BCUT2D eigenvalue weighted by Crippen LogP contribution is -2.40. The van der Waals surface area contributed by atoms with Crippen molar-refractivity contribution >= 4 is 23.8 Å².